The summed E-state index contributed by atoms with van der Waals surface area (Å²) in [4.78, 5) is 10.7. The van der Waals surface area contributed by atoms with Gasteiger partial charge in [-0.2, -0.15) is 0 Å². The van der Waals surface area contributed by atoms with Crippen LogP contribution in [0.5, 0.6) is 0 Å². The van der Waals surface area contributed by atoms with E-state index in [0.717, 1.165) is 12.8 Å². The van der Waals surface area contributed by atoms with E-state index in [1.165, 1.54) is 12.5 Å². The molecule has 20 heavy (non-hydrogen) atoms. The predicted octanol–water partition coefficient (Wildman–Crippen LogP) is 3.52. The van der Waals surface area contributed by atoms with Gasteiger partial charge in [0.1, 0.15) is 0 Å². The van der Waals surface area contributed by atoms with E-state index in [0.29, 0.717) is 29.2 Å². The van der Waals surface area contributed by atoms with Crippen molar-refractivity contribution >= 4 is 17.3 Å². The lowest BCUT2D eigenvalue weighted by molar-refractivity contribution is -0.385. The van der Waals surface area contributed by atoms with Crippen molar-refractivity contribution in [3.05, 3.63) is 38.9 Å². The van der Waals surface area contributed by atoms with E-state index in [2.05, 4.69) is 24.3 Å². The van der Waals surface area contributed by atoms with Crippen molar-refractivity contribution in [3.8, 4) is 0 Å². The minimum Gasteiger partial charge on any atom is -0.258 e. The number of rotatable bonds is 4. The van der Waals surface area contributed by atoms with Crippen molar-refractivity contribution in [2.24, 2.45) is 0 Å². The SMILES string of the molecule is CC1CCCC(C)N1NCc1ccc(Cl)cc1[N+](=O)[O-]. The molecule has 6 heteroatoms. The predicted molar refractivity (Wildman–Crippen MR) is 79.6 cm³/mol. The van der Waals surface area contributed by atoms with Crippen molar-refractivity contribution in [2.45, 2.75) is 51.7 Å². The Hall–Kier alpha value is -1.17. The molecule has 1 N–H and O–H groups in total. The quantitative estimate of drug-likeness (QED) is 0.682. The first-order chi connectivity index (χ1) is 9.49. The number of hydrazine groups is 1. The molecule has 1 aliphatic rings. The number of hydrogen-bond donors (Lipinski definition) is 1. The normalized spacial score (nSPS) is 23.8. The van der Waals surface area contributed by atoms with E-state index in [4.69, 9.17) is 11.6 Å². The molecule has 1 saturated heterocycles. The molecule has 2 rings (SSSR count). The topological polar surface area (TPSA) is 58.4 Å². The lowest BCUT2D eigenvalue weighted by Gasteiger charge is -2.39. The molecule has 0 amide bonds. The van der Waals surface area contributed by atoms with Crippen LogP contribution in [0.15, 0.2) is 18.2 Å². The molecule has 0 radical (unpaired) electrons. The van der Waals surface area contributed by atoms with Crippen molar-refractivity contribution in [3.63, 3.8) is 0 Å². The molecular formula is C14H20ClN3O2. The summed E-state index contributed by atoms with van der Waals surface area (Å²) >= 11 is 5.82. The fourth-order valence-electron chi connectivity index (χ4n) is 2.77. The Balaban J connectivity index is 2.08. The lowest BCUT2D eigenvalue weighted by Crippen LogP contribution is -2.51. The molecule has 2 atom stereocenters. The van der Waals surface area contributed by atoms with Crippen LogP contribution in [0.25, 0.3) is 0 Å². The third-order valence-electron chi connectivity index (χ3n) is 3.89. The number of piperidine rings is 1. The molecule has 1 aromatic rings. The summed E-state index contributed by atoms with van der Waals surface area (Å²) in [7, 11) is 0. The number of nitro benzene ring substituents is 1. The van der Waals surface area contributed by atoms with Crippen LogP contribution in [-0.4, -0.2) is 22.0 Å². The van der Waals surface area contributed by atoms with Gasteiger partial charge >= 0.3 is 0 Å². The summed E-state index contributed by atoms with van der Waals surface area (Å²) in [6.45, 7) is 4.81. The van der Waals surface area contributed by atoms with Crippen LogP contribution >= 0.6 is 11.6 Å². The number of benzene rings is 1. The summed E-state index contributed by atoms with van der Waals surface area (Å²) in [5.41, 5.74) is 4.07. The molecule has 5 nitrogen and oxygen atoms in total. The smallest absolute Gasteiger partial charge is 0.258 e. The lowest BCUT2D eigenvalue weighted by atomic mass is 10.00. The second-order valence-electron chi connectivity index (χ2n) is 5.40. The fraction of sp³-hybridized carbons (Fsp3) is 0.571. The Kier molecular flexibility index (Phi) is 4.96. The number of hydrogen-bond acceptors (Lipinski definition) is 4. The van der Waals surface area contributed by atoms with Gasteiger partial charge in [-0.05, 0) is 38.8 Å². The summed E-state index contributed by atoms with van der Waals surface area (Å²) in [5, 5.41) is 13.7. The number of nitro groups is 1. The molecule has 0 aliphatic carbocycles. The van der Waals surface area contributed by atoms with Crippen molar-refractivity contribution in [1.82, 2.24) is 10.4 Å². The Morgan fingerprint density at radius 1 is 1.40 bits per heavy atom. The zero-order valence-electron chi connectivity index (χ0n) is 11.8. The maximum atomic E-state index is 11.1. The number of nitrogens with one attached hydrogen (secondary N) is 1. The minimum absolute atomic E-state index is 0.0716. The van der Waals surface area contributed by atoms with Gasteiger partial charge in [-0.1, -0.05) is 18.0 Å². The third-order valence-corrected chi connectivity index (χ3v) is 4.12. The molecule has 110 valence electrons. The second-order valence-corrected chi connectivity index (χ2v) is 5.84. The molecule has 1 fully saturated rings. The molecule has 0 spiro atoms. The number of halogens is 1. The van der Waals surface area contributed by atoms with Gasteiger partial charge in [0, 0.05) is 35.3 Å². The monoisotopic (exact) mass is 297 g/mol. The summed E-state index contributed by atoms with van der Waals surface area (Å²) in [5.74, 6) is 0. The molecule has 2 unspecified atom stereocenters. The maximum Gasteiger partial charge on any atom is 0.275 e. The third kappa shape index (κ3) is 3.48. The Morgan fingerprint density at radius 2 is 2.05 bits per heavy atom. The van der Waals surface area contributed by atoms with Crippen LogP contribution in [0.3, 0.4) is 0 Å². The van der Waals surface area contributed by atoms with Crippen molar-refractivity contribution in [1.29, 1.82) is 0 Å². The highest BCUT2D eigenvalue weighted by atomic mass is 35.5. The maximum absolute atomic E-state index is 11.1. The zero-order chi connectivity index (χ0) is 14.7. The molecule has 1 aliphatic heterocycles. The molecule has 0 aromatic heterocycles. The van der Waals surface area contributed by atoms with E-state index in [-0.39, 0.29) is 10.6 Å². The van der Waals surface area contributed by atoms with Gasteiger partial charge in [0.05, 0.1) is 4.92 Å². The van der Waals surface area contributed by atoms with Gasteiger partial charge in [0.2, 0.25) is 0 Å². The van der Waals surface area contributed by atoms with E-state index >= 15 is 0 Å². The van der Waals surface area contributed by atoms with E-state index < -0.39 is 0 Å². The highest BCUT2D eigenvalue weighted by molar-refractivity contribution is 6.30. The average Bonchev–Trinajstić information content (AvgIpc) is 2.39. The van der Waals surface area contributed by atoms with Crippen LogP contribution in [-0.2, 0) is 6.54 Å². The first-order valence-electron chi connectivity index (χ1n) is 6.93. The summed E-state index contributed by atoms with van der Waals surface area (Å²) < 4.78 is 0. The second kappa shape index (κ2) is 6.52. The number of nitrogens with zero attached hydrogens (tertiary/aromatic N) is 2. The highest BCUT2D eigenvalue weighted by Gasteiger charge is 2.25. The summed E-state index contributed by atoms with van der Waals surface area (Å²) in [6.07, 6.45) is 3.54. The zero-order valence-corrected chi connectivity index (χ0v) is 12.6. The minimum atomic E-state index is -0.383. The van der Waals surface area contributed by atoms with Gasteiger partial charge in [-0.3, -0.25) is 15.5 Å². The molecule has 0 saturated carbocycles. The van der Waals surface area contributed by atoms with Gasteiger partial charge in [-0.15, -0.1) is 0 Å². The summed E-state index contributed by atoms with van der Waals surface area (Å²) in [6, 6.07) is 5.71. The van der Waals surface area contributed by atoms with Gasteiger partial charge < -0.3 is 0 Å². The van der Waals surface area contributed by atoms with Gasteiger partial charge in [0.25, 0.3) is 5.69 Å². The van der Waals surface area contributed by atoms with Crippen LogP contribution in [0, 0.1) is 10.1 Å². The molecule has 1 heterocycles. The van der Waals surface area contributed by atoms with Crippen LogP contribution in [0.2, 0.25) is 5.02 Å². The molecular weight excluding hydrogens is 278 g/mol. The van der Waals surface area contributed by atoms with Gasteiger partial charge in [-0.25, -0.2) is 5.01 Å². The first-order valence-corrected chi connectivity index (χ1v) is 7.31. The van der Waals surface area contributed by atoms with E-state index in [9.17, 15) is 10.1 Å². The first kappa shape index (κ1) is 15.2. The van der Waals surface area contributed by atoms with Crippen molar-refractivity contribution < 1.29 is 4.92 Å². The Bertz CT molecular complexity index is 485. The average molecular weight is 298 g/mol. The van der Waals surface area contributed by atoms with E-state index in [1.54, 1.807) is 12.1 Å². The largest absolute Gasteiger partial charge is 0.275 e. The molecule has 0 bridgehead atoms. The fourth-order valence-corrected chi connectivity index (χ4v) is 2.93. The van der Waals surface area contributed by atoms with Crippen LogP contribution in [0.4, 0.5) is 5.69 Å². The Labute approximate surface area is 124 Å². The highest BCUT2D eigenvalue weighted by Crippen LogP contribution is 2.24. The Morgan fingerprint density at radius 3 is 2.65 bits per heavy atom. The van der Waals surface area contributed by atoms with E-state index in [1.807, 2.05) is 0 Å². The van der Waals surface area contributed by atoms with Crippen LogP contribution < -0.4 is 5.43 Å². The molecule has 1 aromatic carbocycles. The van der Waals surface area contributed by atoms with Gasteiger partial charge in [0.15, 0.2) is 0 Å². The van der Waals surface area contributed by atoms with Crippen LogP contribution in [0.1, 0.15) is 38.7 Å². The standard InChI is InChI=1S/C14H20ClN3O2/c1-10-4-3-5-11(2)17(10)16-9-12-6-7-13(15)8-14(12)18(19)20/h6-8,10-11,16H,3-5,9H2,1-2H3. The van der Waals surface area contributed by atoms with Crippen molar-refractivity contribution in [2.75, 3.05) is 0 Å².